The van der Waals surface area contributed by atoms with Crippen LogP contribution in [-0.2, 0) is 26.5 Å². The van der Waals surface area contributed by atoms with E-state index < -0.39 is 23.7 Å². The van der Waals surface area contributed by atoms with Gasteiger partial charge in [-0.15, -0.1) is 10.2 Å². The molecule has 0 unspecified atom stereocenters. The molecule has 43 heavy (non-hydrogen) atoms. The largest absolute Gasteiger partial charge is 0.507 e. The zero-order valence-electron chi connectivity index (χ0n) is 22.9. The number of carbonyl (C=O) groups is 3. The maximum absolute atomic E-state index is 13.6. The second-order valence-corrected chi connectivity index (χ2v) is 12.6. The lowest BCUT2D eigenvalue weighted by Gasteiger charge is -2.22. The third-order valence-corrected chi connectivity index (χ3v) is 9.52. The van der Waals surface area contributed by atoms with Crippen molar-refractivity contribution in [2.24, 2.45) is 0 Å². The predicted octanol–water partition coefficient (Wildman–Crippen LogP) is 6.22. The van der Waals surface area contributed by atoms with Crippen molar-refractivity contribution in [3.63, 3.8) is 0 Å². The Bertz CT molecular complexity index is 1770. The number of aliphatic hydroxyl groups excluding tert-OH is 1. The molecule has 0 bridgehead atoms. The van der Waals surface area contributed by atoms with Crippen LogP contribution in [0, 0.1) is 0 Å². The molecule has 2 aliphatic heterocycles. The second kappa shape index (κ2) is 11.8. The van der Waals surface area contributed by atoms with E-state index in [-0.39, 0.29) is 22.6 Å². The summed E-state index contributed by atoms with van der Waals surface area (Å²) in [5.41, 5.74) is 3.03. The fraction of sp³-hybridized carbons (Fsp3) is 0.194. The van der Waals surface area contributed by atoms with Crippen LogP contribution in [0.1, 0.15) is 45.6 Å². The minimum atomic E-state index is -1.02. The van der Waals surface area contributed by atoms with Crippen molar-refractivity contribution < 1.29 is 29.0 Å². The van der Waals surface area contributed by atoms with Gasteiger partial charge >= 0.3 is 11.9 Å². The Balaban J connectivity index is 1.39. The molecule has 3 aromatic carbocycles. The van der Waals surface area contributed by atoms with Gasteiger partial charge in [-0.3, -0.25) is 14.5 Å². The molecule has 6 rings (SSSR count). The summed E-state index contributed by atoms with van der Waals surface area (Å²) in [5, 5.41) is 20.9. The zero-order chi connectivity index (χ0) is 30.2. The van der Waals surface area contributed by atoms with E-state index in [1.54, 1.807) is 42.5 Å². The Morgan fingerprint density at radius 2 is 1.81 bits per heavy atom. The first-order valence-electron chi connectivity index (χ1n) is 13.2. The van der Waals surface area contributed by atoms with E-state index in [0.29, 0.717) is 38.2 Å². The van der Waals surface area contributed by atoms with E-state index in [9.17, 15) is 19.5 Å². The highest BCUT2D eigenvalue weighted by Crippen LogP contribution is 2.44. The smallest absolute Gasteiger partial charge is 0.337 e. The Morgan fingerprint density at radius 1 is 1.09 bits per heavy atom. The van der Waals surface area contributed by atoms with E-state index in [1.807, 2.05) is 31.2 Å². The molecule has 1 amide bonds. The summed E-state index contributed by atoms with van der Waals surface area (Å²) in [5.74, 6) is -1.21. The van der Waals surface area contributed by atoms with Crippen LogP contribution in [0.5, 0.6) is 5.75 Å². The summed E-state index contributed by atoms with van der Waals surface area (Å²) in [6.45, 7) is 1.95. The number of thioether (sulfide) groups is 1. The normalized spacial score (nSPS) is 18.9. The number of Topliss-reactive ketones (excluding diaryl/α,β-unsaturated/α-hetero) is 1. The van der Waals surface area contributed by atoms with Crippen molar-refractivity contribution in [1.82, 2.24) is 10.2 Å². The molecule has 1 aromatic heterocycles. The molecule has 1 fully saturated rings. The number of esters is 1. The number of anilines is 1. The van der Waals surface area contributed by atoms with Gasteiger partial charge in [0, 0.05) is 22.8 Å². The van der Waals surface area contributed by atoms with E-state index in [4.69, 9.17) is 21.1 Å². The molecular weight excluding hydrogens is 610 g/mol. The van der Waals surface area contributed by atoms with Gasteiger partial charge in [0.1, 0.15) is 17.6 Å². The number of ketones is 1. The average molecular weight is 634 g/mol. The summed E-state index contributed by atoms with van der Waals surface area (Å²) in [6, 6.07) is 18.0. The van der Waals surface area contributed by atoms with Gasteiger partial charge in [0.15, 0.2) is 4.34 Å². The summed E-state index contributed by atoms with van der Waals surface area (Å²) >= 11 is 8.59. The average Bonchev–Trinajstić information content (AvgIpc) is 3.71. The Hall–Kier alpha value is -4.19. The molecule has 12 heteroatoms. The number of fused-ring (bicyclic) bond motifs is 1. The van der Waals surface area contributed by atoms with Crippen molar-refractivity contribution in [2.75, 3.05) is 12.0 Å². The van der Waals surface area contributed by atoms with Gasteiger partial charge in [-0.05, 0) is 66.1 Å². The van der Waals surface area contributed by atoms with Crippen molar-refractivity contribution in [1.29, 1.82) is 0 Å². The molecule has 2 aliphatic rings. The molecular formula is C31H24ClN3O6S2. The third kappa shape index (κ3) is 5.63. The Morgan fingerprint density at radius 3 is 2.53 bits per heavy atom. The first kappa shape index (κ1) is 28.9. The topological polar surface area (TPSA) is 119 Å². The highest BCUT2D eigenvalue weighted by molar-refractivity contribution is 8.00. The number of methoxy groups -OCH3 is 1. The SMILES string of the molecule is COC(=O)c1ccc([C@H]2/C(=C(\O)c3ccc4c(c3)C[C@H](C)O4)C(=O)C(=O)N2c2nnc(SCc3ccc(Cl)cc3)s2)cc1. The molecule has 1 saturated heterocycles. The molecule has 9 nitrogen and oxygen atoms in total. The zero-order valence-corrected chi connectivity index (χ0v) is 25.3. The molecule has 0 saturated carbocycles. The summed E-state index contributed by atoms with van der Waals surface area (Å²) in [4.78, 5) is 40.5. The van der Waals surface area contributed by atoms with Gasteiger partial charge in [-0.1, -0.05) is 59.0 Å². The lowest BCUT2D eigenvalue weighted by Crippen LogP contribution is -2.29. The standard InChI is InChI=1S/C31H24ClN3O6S2/c1-16-13-21-14-20(9-12-23(21)41-16)26(36)24-25(18-5-7-19(8-6-18)29(39)40-2)35(28(38)27(24)37)30-33-34-31(43-30)42-15-17-3-10-22(32)11-4-17/h3-12,14,16,25,36H,13,15H2,1-2H3/b26-24+/t16-,25-/m0/s1. The highest BCUT2D eigenvalue weighted by atomic mass is 35.5. The molecule has 0 spiro atoms. The van der Waals surface area contributed by atoms with Crippen LogP contribution < -0.4 is 9.64 Å². The summed E-state index contributed by atoms with van der Waals surface area (Å²) < 4.78 is 11.2. The van der Waals surface area contributed by atoms with Crippen molar-refractivity contribution in [3.05, 3.63) is 105 Å². The van der Waals surface area contributed by atoms with Gasteiger partial charge in [0.25, 0.3) is 5.78 Å². The van der Waals surface area contributed by atoms with Crippen LogP contribution in [0.25, 0.3) is 5.76 Å². The highest BCUT2D eigenvalue weighted by Gasteiger charge is 2.48. The van der Waals surface area contributed by atoms with Crippen LogP contribution in [0.15, 0.2) is 76.6 Å². The van der Waals surface area contributed by atoms with E-state index in [1.165, 1.54) is 35.1 Å². The number of amides is 1. The molecule has 4 aromatic rings. The summed E-state index contributed by atoms with van der Waals surface area (Å²) in [6.07, 6.45) is 0.653. The molecule has 0 radical (unpaired) electrons. The number of rotatable bonds is 7. The molecule has 218 valence electrons. The lowest BCUT2D eigenvalue weighted by molar-refractivity contribution is -0.132. The maximum atomic E-state index is 13.6. The number of aliphatic hydroxyl groups is 1. The van der Waals surface area contributed by atoms with Crippen LogP contribution in [0.4, 0.5) is 5.13 Å². The maximum Gasteiger partial charge on any atom is 0.337 e. The van der Waals surface area contributed by atoms with Gasteiger partial charge < -0.3 is 14.6 Å². The van der Waals surface area contributed by atoms with Crippen LogP contribution in [-0.4, -0.2) is 46.2 Å². The number of hydrogen-bond donors (Lipinski definition) is 1. The number of hydrogen-bond acceptors (Lipinski definition) is 10. The van der Waals surface area contributed by atoms with E-state index in [0.717, 1.165) is 16.9 Å². The van der Waals surface area contributed by atoms with E-state index in [2.05, 4.69) is 10.2 Å². The monoisotopic (exact) mass is 633 g/mol. The predicted molar refractivity (Wildman–Crippen MR) is 164 cm³/mol. The molecule has 2 atom stereocenters. The minimum absolute atomic E-state index is 0.00420. The number of benzene rings is 3. The number of carbonyl (C=O) groups excluding carboxylic acids is 3. The Labute approximate surface area is 260 Å². The first-order chi connectivity index (χ1) is 20.7. The minimum Gasteiger partial charge on any atom is -0.507 e. The lowest BCUT2D eigenvalue weighted by atomic mass is 9.94. The quantitative estimate of drug-likeness (QED) is 0.0632. The second-order valence-electron chi connectivity index (χ2n) is 10.0. The third-order valence-electron chi connectivity index (χ3n) is 7.14. The molecule has 0 aliphatic carbocycles. The Kier molecular flexibility index (Phi) is 7.95. The van der Waals surface area contributed by atoms with Gasteiger partial charge in [0.05, 0.1) is 24.3 Å². The van der Waals surface area contributed by atoms with Crippen molar-refractivity contribution >= 4 is 63.3 Å². The number of nitrogens with zero attached hydrogens (tertiary/aromatic N) is 3. The van der Waals surface area contributed by atoms with Crippen molar-refractivity contribution in [2.45, 2.75) is 35.6 Å². The van der Waals surface area contributed by atoms with Crippen molar-refractivity contribution in [3.8, 4) is 5.75 Å². The fourth-order valence-corrected chi connectivity index (χ4v) is 7.02. The van der Waals surface area contributed by atoms with Crippen LogP contribution in [0.2, 0.25) is 5.02 Å². The van der Waals surface area contributed by atoms with E-state index >= 15 is 0 Å². The van der Waals surface area contributed by atoms with Gasteiger partial charge in [-0.2, -0.15) is 0 Å². The van der Waals surface area contributed by atoms with Crippen LogP contribution in [0.3, 0.4) is 0 Å². The van der Waals surface area contributed by atoms with Gasteiger partial charge in [-0.25, -0.2) is 4.79 Å². The number of ether oxygens (including phenoxy) is 2. The number of aromatic nitrogens is 2. The first-order valence-corrected chi connectivity index (χ1v) is 15.4. The molecule has 1 N–H and O–H groups in total. The molecule has 3 heterocycles. The van der Waals surface area contributed by atoms with Crippen LogP contribution >= 0.6 is 34.7 Å². The fourth-order valence-electron chi connectivity index (χ4n) is 5.07. The van der Waals surface area contributed by atoms with Gasteiger partial charge in [0.2, 0.25) is 5.13 Å². The summed E-state index contributed by atoms with van der Waals surface area (Å²) in [7, 11) is 1.28. The number of halogens is 1.